The van der Waals surface area contributed by atoms with Crippen molar-refractivity contribution in [3.63, 3.8) is 0 Å². The number of rotatable bonds is 1. The molecule has 15 heavy (non-hydrogen) atoms. The van der Waals surface area contributed by atoms with Crippen molar-refractivity contribution in [1.29, 1.82) is 0 Å². The van der Waals surface area contributed by atoms with Crippen LogP contribution < -0.4 is 0 Å². The van der Waals surface area contributed by atoms with Crippen LogP contribution in [0, 0.1) is 5.92 Å². The van der Waals surface area contributed by atoms with E-state index in [0.29, 0.717) is 17.0 Å². The molecular formula is C11H9NO3. The van der Waals surface area contributed by atoms with Gasteiger partial charge >= 0.3 is 5.97 Å². The normalized spacial score (nSPS) is 19.4. The van der Waals surface area contributed by atoms with E-state index in [1.165, 1.54) is 0 Å². The third-order valence-corrected chi connectivity index (χ3v) is 2.39. The molecule has 1 aliphatic rings. The van der Waals surface area contributed by atoms with Gasteiger partial charge in [-0.25, -0.2) is 0 Å². The van der Waals surface area contributed by atoms with Crippen LogP contribution in [0.1, 0.15) is 17.3 Å². The molecule has 4 heteroatoms. The smallest absolute Gasteiger partial charge is 0.320 e. The van der Waals surface area contributed by atoms with Crippen LogP contribution in [0.5, 0.6) is 0 Å². The van der Waals surface area contributed by atoms with Gasteiger partial charge in [0.2, 0.25) is 0 Å². The fourth-order valence-electron chi connectivity index (χ4n) is 1.67. The number of carboxylic acid groups (broad SMARTS) is 1. The third kappa shape index (κ3) is 1.44. The van der Waals surface area contributed by atoms with Gasteiger partial charge in [0, 0.05) is 11.3 Å². The summed E-state index contributed by atoms with van der Waals surface area (Å²) in [6.45, 7) is 1.56. The number of carbonyl (C=O) groups is 2. The van der Waals surface area contributed by atoms with Crippen LogP contribution in [0.15, 0.2) is 29.3 Å². The summed E-state index contributed by atoms with van der Waals surface area (Å²) in [4.78, 5) is 26.8. The van der Waals surface area contributed by atoms with E-state index in [2.05, 4.69) is 4.99 Å². The second-order valence-electron chi connectivity index (χ2n) is 3.41. The van der Waals surface area contributed by atoms with Crippen LogP contribution in [-0.4, -0.2) is 22.6 Å². The third-order valence-electron chi connectivity index (χ3n) is 2.39. The highest BCUT2D eigenvalue weighted by atomic mass is 16.4. The molecule has 0 radical (unpaired) electrons. The largest absolute Gasteiger partial charge is 0.480 e. The molecule has 1 heterocycles. The highest BCUT2D eigenvalue weighted by Gasteiger charge is 2.34. The average molecular weight is 203 g/mol. The maximum Gasteiger partial charge on any atom is 0.320 e. The molecule has 1 aromatic carbocycles. The number of benzene rings is 1. The maximum absolute atomic E-state index is 11.8. The summed E-state index contributed by atoms with van der Waals surface area (Å²) in [5.41, 5.74) is 1.28. The van der Waals surface area contributed by atoms with Crippen molar-refractivity contribution in [3.8, 4) is 0 Å². The molecular weight excluding hydrogens is 194 g/mol. The van der Waals surface area contributed by atoms with Gasteiger partial charge in [0.05, 0.1) is 5.69 Å². The van der Waals surface area contributed by atoms with Crippen molar-refractivity contribution in [3.05, 3.63) is 29.8 Å². The SMILES string of the molecule is CC1=Nc2ccccc2C(=O)C1C(=O)O. The fourth-order valence-corrected chi connectivity index (χ4v) is 1.67. The lowest BCUT2D eigenvalue weighted by Gasteiger charge is -2.17. The van der Waals surface area contributed by atoms with Gasteiger partial charge in [-0.15, -0.1) is 0 Å². The second kappa shape index (κ2) is 3.31. The molecule has 1 aromatic rings. The molecule has 4 nitrogen and oxygen atoms in total. The lowest BCUT2D eigenvalue weighted by molar-refractivity contribution is -0.137. The molecule has 1 unspecified atom stereocenters. The van der Waals surface area contributed by atoms with Gasteiger partial charge in [0.25, 0.3) is 0 Å². The first-order valence-corrected chi connectivity index (χ1v) is 4.52. The Balaban J connectivity index is 2.59. The minimum absolute atomic E-state index is 0.339. The zero-order valence-corrected chi connectivity index (χ0v) is 8.10. The fraction of sp³-hybridized carbons (Fsp3) is 0.182. The molecule has 2 rings (SSSR count). The molecule has 0 aliphatic carbocycles. The molecule has 0 fully saturated rings. The number of aliphatic imine (C=N–C) groups is 1. The summed E-state index contributed by atoms with van der Waals surface area (Å²) < 4.78 is 0. The number of para-hydroxylation sites is 1. The van der Waals surface area contributed by atoms with E-state index in [0.717, 1.165) is 0 Å². The van der Waals surface area contributed by atoms with Crippen molar-refractivity contribution in [1.82, 2.24) is 0 Å². The number of hydrogen-bond donors (Lipinski definition) is 1. The predicted molar refractivity (Wildman–Crippen MR) is 54.7 cm³/mol. The Hall–Kier alpha value is -1.97. The number of aliphatic carboxylic acids is 1. The molecule has 1 N–H and O–H groups in total. The molecule has 0 spiro atoms. The van der Waals surface area contributed by atoms with Gasteiger partial charge in [0.1, 0.15) is 0 Å². The molecule has 0 aromatic heterocycles. The summed E-state index contributed by atoms with van der Waals surface area (Å²) in [5.74, 6) is -2.65. The van der Waals surface area contributed by atoms with E-state index in [9.17, 15) is 9.59 Å². The first kappa shape index (κ1) is 9.58. The van der Waals surface area contributed by atoms with Crippen LogP contribution >= 0.6 is 0 Å². The van der Waals surface area contributed by atoms with E-state index in [4.69, 9.17) is 5.11 Å². The number of nitrogens with zero attached hydrogens (tertiary/aromatic N) is 1. The summed E-state index contributed by atoms with van der Waals surface area (Å²) in [5, 5.41) is 8.90. The Morgan fingerprint density at radius 3 is 2.73 bits per heavy atom. The van der Waals surface area contributed by atoms with Gasteiger partial charge in [-0.3, -0.25) is 14.6 Å². The van der Waals surface area contributed by atoms with E-state index in [1.54, 1.807) is 31.2 Å². The molecule has 0 amide bonds. The van der Waals surface area contributed by atoms with Crippen molar-refractivity contribution in [2.75, 3.05) is 0 Å². The maximum atomic E-state index is 11.8. The van der Waals surface area contributed by atoms with Crippen molar-refractivity contribution in [2.24, 2.45) is 10.9 Å². The minimum atomic E-state index is -1.14. The summed E-state index contributed by atoms with van der Waals surface area (Å²) in [6.07, 6.45) is 0. The van der Waals surface area contributed by atoms with Crippen LogP contribution in [-0.2, 0) is 4.79 Å². The van der Waals surface area contributed by atoms with Crippen molar-refractivity contribution in [2.45, 2.75) is 6.92 Å². The Labute approximate surface area is 86.3 Å². The zero-order chi connectivity index (χ0) is 11.0. The number of hydrogen-bond acceptors (Lipinski definition) is 3. The quantitative estimate of drug-likeness (QED) is 0.706. The van der Waals surface area contributed by atoms with Crippen LogP contribution in [0.2, 0.25) is 0 Å². The zero-order valence-electron chi connectivity index (χ0n) is 8.10. The van der Waals surface area contributed by atoms with E-state index in [1.807, 2.05) is 0 Å². The molecule has 0 saturated heterocycles. The lowest BCUT2D eigenvalue weighted by Crippen LogP contribution is -2.32. The Kier molecular flexibility index (Phi) is 2.11. The van der Waals surface area contributed by atoms with Gasteiger partial charge < -0.3 is 5.11 Å². The molecule has 1 aliphatic heterocycles. The van der Waals surface area contributed by atoms with Gasteiger partial charge in [-0.1, -0.05) is 12.1 Å². The van der Waals surface area contributed by atoms with Crippen molar-refractivity contribution < 1.29 is 14.7 Å². The van der Waals surface area contributed by atoms with Crippen molar-refractivity contribution >= 4 is 23.2 Å². The van der Waals surface area contributed by atoms with Gasteiger partial charge in [0.15, 0.2) is 11.7 Å². The Bertz CT molecular complexity index is 476. The topological polar surface area (TPSA) is 66.7 Å². The molecule has 1 atom stereocenters. The molecule has 0 bridgehead atoms. The standard InChI is InChI=1S/C11H9NO3/c1-6-9(11(14)15)10(13)7-4-2-3-5-8(7)12-6/h2-5,9H,1H3,(H,14,15). The van der Waals surface area contributed by atoms with Crippen LogP contribution in [0.25, 0.3) is 0 Å². The Morgan fingerprint density at radius 1 is 1.40 bits per heavy atom. The first-order valence-electron chi connectivity index (χ1n) is 4.52. The number of ketones is 1. The number of Topliss-reactive ketones (excluding diaryl/α,β-unsaturated/α-hetero) is 1. The summed E-state index contributed by atoms with van der Waals surface area (Å²) in [7, 11) is 0. The van der Waals surface area contributed by atoms with E-state index in [-0.39, 0.29) is 5.78 Å². The predicted octanol–water partition coefficient (Wildman–Crippen LogP) is 1.68. The molecule has 76 valence electrons. The first-order chi connectivity index (χ1) is 7.11. The lowest BCUT2D eigenvalue weighted by atomic mass is 9.90. The van der Waals surface area contributed by atoms with Crippen LogP contribution in [0.4, 0.5) is 5.69 Å². The second-order valence-corrected chi connectivity index (χ2v) is 3.41. The van der Waals surface area contributed by atoms with E-state index >= 15 is 0 Å². The molecule has 0 saturated carbocycles. The monoisotopic (exact) mass is 203 g/mol. The highest BCUT2D eigenvalue weighted by molar-refractivity contribution is 6.26. The van der Waals surface area contributed by atoms with Crippen LogP contribution in [0.3, 0.4) is 0 Å². The summed E-state index contributed by atoms with van der Waals surface area (Å²) >= 11 is 0. The number of carboxylic acids is 1. The Morgan fingerprint density at radius 2 is 2.07 bits per heavy atom. The minimum Gasteiger partial charge on any atom is -0.480 e. The average Bonchev–Trinajstić information content (AvgIpc) is 2.17. The van der Waals surface area contributed by atoms with E-state index < -0.39 is 11.9 Å². The number of carbonyl (C=O) groups excluding carboxylic acids is 1. The van der Waals surface area contributed by atoms with Gasteiger partial charge in [-0.05, 0) is 19.1 Å². The van der Waals surface area contributed by atoms with Gasteiger partial charge in [-0.2, -0.15) is 0 Å². The highest BCUT2D eigenvalue weighted by Crippen LogP contribution is 2.28. The summed E-state index contributed by atoms with van der Waals surface area (Å²) in [6, 6.07) is 6.77. The number of fused-ring (bicyclic) bond motifs is 1.